The topological polar surface area (TPSA) is 70.5 Å². The predicted molar refractivity (Wildman–Crippen MR) is 118 cm³/mol. The third kappa shape index (κ3) is 6.25. The molecule has 0 spiro atoms. The summed E-state index contributed by atoms with van der Waals surface area (Å²) < 4.78 is 11.9. The summed E-state index contributed by atoms with van der Waals surface area (Å²) in [6, 6.07) is 12.5. The van der Waals surface area contributed by atoms with Crippen LogP contribution in [0.25, 0.3) is 11.1 Å². The van der Waals surface area contributed by atoms with Crippen LogP contribution in [0.15, 0.2) is 61.7 Å². The zero-order valence-corrected chi connectivity index (χ0v) is 16.7. The zero-order chi connectivity index (χ0) is 20.2. The molecule has 0 aliphatic rings. The number of ether oxygens (including phenoxy) is 2. The summed E-state index contributed by atoms with van der Waals surface area (Å²) in [5.74, 6) is 1.74. The van der Waals surface area contributed by atoms with Gasteiger partial charge in [-0.1, -0.05) is 24.3 Å². The summed E-state index contributed by atoms with van der Waals surface area (Å²) in [5, 5.41) is 0. The van der Waals surface area contributed by atoms with Gasteiger partial charge in [0.2, 0.25) is 0 Å². The van der Waals surface area contributed by atoms with Crippen molar-refractivity contribution in [2.24, 2.45) is 11.5 Å². The highest BCUT2D eigenvalue weighted by molar-refractivity contribution is 5.73. The zero-order valence-electron chi connectivity index (χ0n) is 16.7. The summed E-state index contributed by atoms with van der Waals surface area (Å²) >= 11 is 0. The SMILES string of the molecule is C=CCc1ccc(OCCCN)c(-c2ccc(OCCCN)c(CC=C)c2)c1. The van der Waals surface area contributed by atoms with Crippen molar-refractivity contribution in [3.63, 3.8) is 0 Å². The molecule has 2 aromatic carbocycles. The first-order valence-electron chi connectivity index (χ1n) is 9.87. The Morgan fingerprint density at radius 3 is 2.07 bits per heavy atom. The van der Waals surface area contributed by atoms with E-state index in [9.17, 15) is 0 Å². The van der Waals surface area contributed by atoms with Crippen molar-refractivity contribution >= 4 is 0 Å². The Morgan fingerprint density at radius 1 is 0.786 bits per heavy atom. The predicted octanol–water partition coefficient (Wildman–Crippen LogP) is 4.27. The molecular weight excluding hydrogens is 348 g/mol. The van der Waals surface area contributed by atoms with Gasteiger partial charge in [0.25, 0.3) is 0 Å². The van der Waals surface area contributed by atoms with E-state index in [4.69, 9.17) is 20.9 Å². The molecule has 0 unspecified atom stereocenters. The fraction of sp³-hybridized carbons (Fsp3) is 0.333. The molecule has 0 bridgehead atoms. The van der Waals surface area contributed by atoms with E-state index in [1.165, 1.54) is 5.56 Å². The molecular formula is C24H32N2O2. The van der Waals surface area contributed by atoms with E-state index in [2.05, 4.69) is 37.4 Å². The van der Waals surface area contributed by atoms with Gasteiger partial charge in [-0.3, -0.25) is 0 Å². The Labute approximate surface area is 168 Å². The molecule has 2 rings (SSSR count). The molecule has 4 heteroatoms. The number of nitrogens with two attached hydrogens (primary N) is 2. The highest BCUT2D eigenvalue weighted by Crippen LogP contribution is 2.34. The second-order valence-corrected chi connectivity index (χ2v) is 6.62. The van der Waals surface area contributed by atoms with Crippen molar-refractivity contribution in [1.29, 1.82) is 0 Å². The van der Waals surface area contributed by atoms with Crippen LogP contribution in [-0.2, 0) is 12.8 Å². The van der Waals surface area contributed by atoms with Crippen LogP contribution in [-0.4, -0.2) is 26.3 Å². The van der Waals surface area contributed by atoms with Crippen LogP contribution in [0.3, 0.4) is 0 Å². The standard InChI is InChI=1S/C24H32N2O2/c1-3-7-19-9-11-24(28-16-6-14-26)22(17-19)20-10-12-23(27-15-5-13-25)21(18-20)8-4-2/h3-4,9-12,17-18H,1-2,5-8,13-16,25-26H2. The molecule has 0 aromatic heterocycles. The summed E-state index contributed by atoms with van der Waals surface area (Å²) in [5.41, 5.74) is 15.6. The smallest absolute Gasteiger partial charge is 0.127 e. The third-order valence-electron chi connectivity index (χ3n) is 4.37. The lowest BCUT2D eigenvalue weighted by atomic mass is 9.97. The molecule has 4 N–H and O–H groups in total. The summed E-state index contributed by atoms with van der Waals surface area (Å²) in [6.07, 6.45) is 7.01. The van der Waals surface area contributed by atoms with Crippen molar-refractivity contribution in [2.45, 2.75) is 25.7 Å². The summed E-state index contributed by atoms with van der Waals surface area (Å²) in [7, 11) is 0. The fourth-order valence-corrected chi connectivity index (χ4v) is 2.96. The normalized spacial score (nSPS) is 10.5. The molecule has 2 aromatic rings. The van der Waals surface area contributed by atoms with E-state index >= 15 is 0 Å². The molecule has 150 valence electrons. The van der Waals surface area contributed by atoms with Gasteiger partial charge in [-0.05, 0) is 79.7 Å². The Kier molecular flexibility index (Phi) is 9.32. The number of benzene rings is 2. The summed E-state index contributed by atoms with van der Waals surface area (Å²) in [6.45, 7) is 10.2. The maximum atomic E-state index is 6.00. The average Bonchev–Trinajstić information content (AvgIpc) is 2.71. The molecule has 0 amide bonds. The van der Waals surface area contributed by atoms with Gasteiger partial charge in [0.05, 0.1) is 13.2 Å². The molecule has 0 saturated heterocycles. The number of hydrogen-bond donors (Lipinski definition) is 2. The Bertz CT molecular complexity index is 771. The second kappa shape index (κ2) is 12.0. The van der Waals surface area contributed by atoms with Crippen LogP contribution in [0.1, 0.15) is 24.0 Å². The van der Waals surface area contributed by atoms with E-state index in [0.717, 1.165) is 53.9 Å². The van der Waals surface area contributed by atoms with Crippen LogP contribution in [0.2, 0.25) is 0 Å². The van der Waals surface area contributed by atoms with E-state index in [1.807, 2.05) is 24.3 Å². The quantitative estimate of drug-likeness (QED) is 0.402. The van der Waals surface area contributed by atoms with Gasteiger partial charge in [0, 0.05) is 5.56 Å². The first-order valence-corrected chi connectivity index (χ1v) is 9.87. The van der Waals surface area contributed by atoms with E-state index in [0.29, 0.717) is 26.3 Å². The first-order chi connectivity index (χ1) is 13.7. The van der Waals surface area contributed by atoms with Crippen molar-refractivity contribution in [3.05, 3.63) is 72.8 Å². The van der Waals surface area contributed by atoms with Gasteiger partial charge in [-0.2, -0.15) is 0 Å². The van der Waals surface area contributed by atoms with E-state index in [1.54, 1.807) is 0 Å². The van der Waals surface area contributed by atoms with E-state index < -0.39 is 0 Å². The number of allylic oxidation sites excluding steroid dienone is 2. The van der Waals surface area contributed by atoms with Crippen molar-refractivity contribution in [2.75, 3.05) is 26.3 Å². The number of rotatable bonds is 13. The fourth-order valence-electron chi connectivity index (χ4n) is 2.96. The highest BCUT2D eigenvalue weighted by atomic mass is 16.5. The van der Waals surface area contributed by atoms with Crippen molar-refractivity contribution < 1.29 is 9.47 Å². The Morgan fingerprint density at radius 2 is 1.43 bits per heavy atom. The van der Waals surface area contributed by atoms with Crippen LogP contribution in [0, 0.1) is 0 Å². The highest BCUT2D eigenvalue weighted by Gasteiger charge is 2.11. The van der Waals surface area contributed by atoms with Crippen molar-refractivity contribution in [3.8, 4) is 22.6 Å². The van der Waals surface area contributed by atoms with Gasteiger partial charge >= 0.3 is 0 Å². The van der Waals surface area contributed by atoms with E-state index in [-0.39, 0.29) is 0 Å². The van der Waals surface area contributed by atoms with Crippen molar-refractivity contribution in [1.82, 2.24) is 0 Å². The summed E-state index contributed by atoms with van der Waals surface area (Å²) in [4.78, 5) is 0. The minimum absolute atomic E-state index is 0.601. The maximum absolute atomic E-state index is 6.00. The molecule has 4 nitrogen and oxygen atoms in total. The lowest BCUT2D eigenvalue weighted by Gasteiger charge is -2.16. The minimum Gasteiger partial charge on any atom is -0.493 e. The molecule has 0 saturated carbocycles. The maximum Gasteiger partial charge on any atom is 0.127 e. The molecule has 0 aliphatic heterocycles. The van der Waals surface area contributed by atoms with Crippen LogP contribution < -0.4 is 20.9 Å². The molecule has 28 heavy (non-hydrogen) atoms. The van der Waals surface area contributed by atoms with Crippen LogP contribution in [0.4, 0.5) is 0 Å². The van der Waals surface area contributed by atoms with Crippen LogP contribution in [0.5, 0.6) is 11.5 Å². The van der Waals surface area contributed by atoms with Gasteiger partial charge in [-0.15, -0.1) is 13.2 Å². The average molecular weight is 381 g/mol. The lowest BCUT2D eigenvalue weighted by molar-refractivity contribution is 0.310. The Balaban J connectivity index is 2.39. The van der Waals surface area contributed by atoms with Gasteiger partial charge in [0.1, 0.15) is 11.5 Å². The second-order valence-electron chi connectivity index (χ2n) is 6.62. The molecule has 0 atom stereocenters. The lowest BCUT2D eigenvalue weighted by Crippen LogP contribution is -2.07. The molecule has 0 aliphatic carbocycles. The monoisotopic (exact) mass is 380 g/mol. The largest absolute Gasteiger partial charge is 0.493 e. The van der Waals surface area contributed by atoms with Gasteiger partial charge < -0.3 is 20.9 Å². The van der Waals surface area contributed by atoms with Crippen LogP contribution >= 0.6 is 0 Å². The molecule has 0 fully saturated rings. The minimum atomic E-state index is 0.601. The molecule has 0 radical (unpaired) electrons. The first kappa shape index (κ1) is 21.7. The number of hydrogen-bond acceptors (Lipinski definition) is 4. The third-order valence-corrected chi connectivity index (χ3v) is 4.37. The Hall–Kier alpha value is -2.56. The van der Waals surface area contributed by atoms with Gasteiger partial charge in [0.15, 0.2) is 0 Å². The van der Waals surface area contributed by atoms with Gasteiger partial charge in [-0.25, -0.2) is 0 Å². The molecule has 0 heterocycles.